The summed E-state index contributed by atoms with van der Waals surface area (Å²) in [6.07, 6.45) is 3.34. The first-order valence-corrected chi connectivity index (χ1v) is 7.39. The number of nitrogens with zero attached hydrogens (tertiary/aromatic N) is 1. The molecule has 4 nitrogen and oxygen atoms in total. The minimum absolute atomic E-state index is 0.0105. The largest absolute Gasteiger partial charge is 0.352 e. The summed E-state index contributed by atoms with van der Waals surface area (Å²) in [6.45, 7) is 7.09. The predicted molar refractivity (Wildman–Crippen MR) is 82.0 cm³/mol. The Balaban J connectivity index is 2.08. The van der Waals surface area contributed by atoms with Crippen molar-refractivity contribution in [3.05, 3.63) is 29.6 Å². The molecule has 0 aliphatic rings. The van der Waals surface area contributed by atoms with Crippen LogP contribution in [0.5, 0.6) is 0 Å². The van der Waals surface area contributed by atoms with Crippen LogP contribution in [-0.4, -0.2) is 22.4 Å². The Morgan fingerprint density at radius 2 is 2.15 bits per heavy atom. The van der Waals surface area contributed by atoms with Gasteiger partial charge in [-0.25, -0.2) is 4.98 Å². The quantitative estimate of drug-likeness (QED) is 0.790. The third kappa shape index (κ3) is 3.38. The molecule has 0 aliphatic heterocycles. The van der Waals surface area contributed by atoms with Crippen LogP contribution in [0.4, 0.5) is 0 Å². The number of nitrogens with one attached hydrogen (secondary N) is 2. The lowest BCUT2D eigenvalue weighted by Crippen LogP contribution is -2.24. The van der Waals surface area contributed by atoms with Crippen molar-refractivity contribution < 1.29 is 4.79 Å². The van der Waals surface area contributed by atoms with E-state index in [9.17, 15) is 4.79 Å². The number of rotatable bonds is 6. The second kappa shape index (κ2) is 6.55. The van der Waals surface area contributed by atoms with Crippen molar-refractivity contribution in [3.8, 4) is 0 Å². The summed E-state index contributed by atoms with van der Waals surface area (Å²) in [4.78, 5) is 19.8. The highest BCUT2D eigenvalue weighted by atomic mass is 16.1. The number of unbranched alkanes of at least 4 members (excludes halogenated alkanes) is 2. The molecule has 108 valence electrons. The van der Waals surface area contributed by atoms with E-state index in [-0.39, 0.29) is 5.91 Å². The number of carbonyl (C=O) groups excluding carboxylic acids is 1. The van der Waals surface area contributed by atoms with Gasteiger partial charge in [0, 0.05) is 18.0 Å². The molecule has 20 heavy (non-hydrogen) atoms. The lowest BCUT2D eigenvalue weighted by Gasteiger charge is -2.04. The van der Waals surface area contributed by atoms with E-state index in [2.05, 4.69) is 36.1 Å². The fourth-order valence-corrected chi connectivity index (χ4v) is 2.12. The minimum Gasteiger partial charge on any atom is -0.352 e. The Labute approximate surface area is 120 Å². The highest BCUT2D eigenvalue weighted by Gasteiger charge is 2.10. The highest BCUT2D eigenvalue weighted by molar-refractivity contribution is 5.97. The summed E-state index contributed by atoms with van der Waals surface area (Å²) in [6, 6.07) is 5.62. The standard InChI is InChI=1S/C16H23N3O/c1-4-5-6-9-17-16(20)12-7-8-13-14(10-12)19-15(18-13)11(2)3/h7-8,10-11H,4-6,9H2,1-3H3,(H,17,20)(H,18,19). The predicted octanol–water partition coefficient (Wildman–Crippen LogP) is 3.61. The molecule has 2 N–H and O–H groups in total. The number of aromatic nitrogens is 2. The number of hydrogen-bond acceptors (Lipinski definition) is 2. The van der Waals surface area contributed by atoms with Crippen molar-refractivity contribution in [1.29, 1.82) is 0 Å². The highest BCUT2D eigenvalue weighted by Crippen LogP contribution is 2.18. The summed E-state index contributed by atoms with van der Waals surface area (Å²) in [5.74, 6) is 1.30. The zero-order chi connectivity index (χ0) is 14.5. The van der Waals surface area contributed by atoms with Crippen molar-refractivity contribution in [2.45, 2.75) is 46.0 Å². The van der Waals surface area contributed by atoms with Crippen LogP contribution in [0.1, 0.15) is 62.1 Å². The molecule has 0 radical (unpaired) electrons. The average Bonchev–Trinajstić information content (AvgIpc) is 2.86. The summed E-state index contributed by atoms with van der Waals surface area (Å²) in [5.41, 5.74) is 2.53. The van der Waals surface area contributed by atoms with E-state index < -0.39 is 0 Å². The first-order valence-electron chi connectivity index (χ1n) is 7.39. The molecular weight excluding hydrogens is 250 g/mol. The summed E-state index contributed by atoms with van der Waals surface area (Å²) in [5, 5.41) is 2.95. The average molecular weight is 273 g/mol. The minimum atomic E-state index is -0.0105. The Kier molecular flexibility index (Phi) is 4.77. The van der Waals surface area contributed by atoms with Gasteiger partial charge in [-0.2, -0.15) is 0 Å². The lowest BCUT2D eigenvalue weighted by molar-refractivity contribution is 0.0953. The third-order valence-corrected chi connectivity index (χ3v) is 3.38. The monoisotopic (exact) mass is 273 g/mol. The van der Waals surface area contributed by atoms with Crippen LogP contribution in [0.15, 0.2) is 18.2 Å². The van der Waals surface area contributed by atoms with Crippen molar-refractivity contribution >= 4 is 16.9 Å². The van der Waals surface area contributed by atoms with Crippen molar-refractivity contribution in [2.24, 2.45) is 0 Å². The number of imidazole rings is 1. The van der Waals surface area contributed by atoms with E-state index in [0.29, 0.717) is 11.5 Å². The van der Waals surface area contributed by atoms with Gasteiger partial charge in [-0.1, -0.05) is 33.6 Å². The van der Waals surface area contributed by atoms with E-state index in [4.69, 9.17) is 0 Å². The molecule has 0 atom stereocenters. The van der Waals surface area contributed by atoms with Crippen LogP contribution in [0, 0.1) is 0 Å². The zero-order valence-electron chi connectivity index (χ0n) is 12.5. The van der Waals surface area contributed by atoms with Crippen LogP contribution in [0.25, 0.3) is 11.0 Å². The summed E-state index contributed by atoms with van der Waals surface area (Å²) in [7, 11) is 0. The Bertz CT molecular complexity index is 586. The first kappa shape index (κ1) is 14.6. The van der Waals surface area contributed by atoms with Crippen LogP contribution in [0.2, 0.25) is 0 Å². The van der Waals surface area contributed by atoms with Gasteiger partial charge in [-0.15, -0.1) is 0 Å². The topological polar surface area (TPSA) is 57.8 Å². The molecule has 1 aromatic carbocycles. The molecule has 1 amide bonds. The van der Waals surface area contributed by atoms with Crippen LogP contribution < -0.4 is 5.32 Å². The van der Waals surface area contributed by atoms with E-state index in [1.807, 2.05) is 18.2 Å². The molecule has 2 rings (SSSR count). The molecule has 0 bridgehead atoms. The summed E-state index contributed by atoms with van der Waals surface area (Å²) < 4.78 is 0. The molecule has 0 aliphatic carbocycles. The van der Waals surface area contributed by atoms with Gasteiger partial charge in [0.15, 0.2) is 0 Å². The SMILES string of the molecule is CCCCCNC(=O)c1ccc2nc(C(C)C)[nH]c2c1. The fourth-order valence-electron chi connectivity index (χ4n) is 2.12. The summed E-state index contributed by atoms with van der Waals surface area (Å²) >= 11 is 0. The van der Waals surface area contributed by atoms with E-state index in [1.165, 1.54) is 0 Å². The van der Waals surface area contributed by atoms with E-state index in [0.717, 1.165) is 42.7 Å². The molecule has 0 spiro atoms. The van der Waals surface area contributed by atoms with Gasteiger partial charge in [0.2, 0.25) is 0 Å². The van der Waals surface area contributed by atoms with Crippen LogP contribution in [-0.2, 0) is 0 Å². The molecule has 0 fully saturated rings. The molecule has 1 aromatic heterocycles. The number of H-pyrrole nitrogens is 1. The van der Waals surface area contributed by atoms with Gasteiger partial charge in [0.1, 0.15) is 5.82 Å². The molecule has 1 heterocycles. The maximum atomic E-state index is 12.0. The van der Waals surface area contributed by atoms with Gasteiger partial charge < -0.3 is 10.3 Å². The van der Waals surface area contributed by atoms with Gasteiger partial charge >= 0.3 is 0 Å². The number of amides is 1. The van der Waals surface area contributed by atoms with E-state index >= 15 is 0 Å². The second-order valence-corrected chi connectivity index (χ2v) is 5.47. The number of benzene rings is 1. The van der Waals surface area contributed by atoms with E-state index in [1.54, 1.807) is 0 Å². The van der Waals surface area contributed by atoms with Crippen molar-refractivity contribution in [1.82, 2.24) is 15.3 Å². The molecule has 0 unspecified atom stereocenters. The molecule has 0 saturated heterocycles. The molecule has 4 heteroatoms. The number of hydrogen-bond donors (Lipinski definition) is 2. The smallest absolute Gasteiger partial charge is 0.251 e. The molecule has 2 aromatic rings. The Hall–Kier alpha value is -1.84. The molecular formula is C16H23N3O. The number of aromatic amines is 1. The van der Waals surface area contributed by atoms with Crippen LogP contribution in [0.3, 0.4) is 0 Å². The number of carbonyl (C=O) groups is 1. The van der Waals surface area contributed by atoms with Gasteiger partial charge in [-0.05, 0) is 24.6 Å². The lowest BCUT2D eigenvalue weighted by atomic mass is 10.2. The van der Waals surface area contributed by atoms with Crippen LogP contribution >= 0.6 is 0 Å². The number of fused-ring (bicyclic) bond motifs is 1. The normalized spacial score (nSPS) is 11.2. The maximum absolute atomic E-state index is 12.0. The van der Waals surface area contributed by atoms with Gasteiger partial charge in [-0.3, -0.25) is 4.79 Å². The zero-order valence-corrected chi connectivity index (χ0v) is 12.5. The second-order valence-electron chi connectivity index (χ2n) is 5.47. The first-order chi connectivity index (χ1) is 9.61. The maximum Gasteiger partial charge on any atom is 0.251 e. The van der Waals surface area contributed by atoms with Gasteiger partial charge in [0.05, 0.1) is 11.0 Å². The Morgan fingerprint density at radius 3 is 2.85 bits per heavy atom. The fraction of sp³-hybridized carbons (Fsp3) is 0.500. The third-order valence-electron chi connectivity index (χ3n) is 3.38. The van der Waals surface area contributed by atoms with Crippen molar-refractivity contribution in [3.63, 3.8) is 0 Å². The molecule has 0 saturated carbocycles. The Morgan fingerprint density at radius 1 is 1.35 bits per heavy atom. The van der Waals surface area contributed by atoms with Crippen molar-refractivity contribution in [2.75, 3.05) is 6.54 Å². The van der Waals surface area contributed by atoms with Gasteiger partial charge in [0.25, 0.3) is 5.91 Å².